The Morgan fingerprint density at radius 3 is 2.53 bits per heavy atom. The molecule has 0 aromatic heterocycles. The molecule has 1 unspecified atom stereocenters. The van der Waals surface area contributed by atoms with Crippen LogP contribution in [-0.2, 0) is 9.59 Å². The number of nitrogens with one attached hydrogen (secondary N) is 1. The highest BCUT2D eigenvalue weighted by molar-refractivity contribution is 5.86. The van der Waals surface area contributed by atoms with E-state index in [0.29, 0.717) is 26.1 Å². The Hall–Kier alpha value is -1.10. The van der Waals surface area contributed by atoms with Crippen LogP contribution in [0.15, 0.2) is 0 Å². The Morgan fingerprint density at radius 1 is 1.47 bits per heavy atom. The summed E-state index contributed by atoms with van der Waals surface area (Å²) in [5.74, 6) is 0.0333. The normalized spacial score (nSPS) is 24.9. The number of hydrogen-bond acceptors (Lipinski definition) is 3. The Labute approximate surface area is 103 Å². The maximum atomic E-state index is 12.2. The first-order chi connectivity index (χ1) is 7.77. The molecule has 1 fully saturated rings. The second-order valence-corrected chi connectivity index (χ2v) is 5.70. The maximum absolute atomic E-state index is 12.2. The molecule has 0 radical (unpaired) electrons. The van der Waals surface area contributed by atoms with Gasteiger partial charge in [-0.15, -0.1) is 0 Å². The van der Waals surface area contributed by atoms with Gasteiger partial charge in [-0.05, 0) is 27.2 Å². The van der Waals surface area contributed by atoms with Gasteiger partial charge in [-0.25, -0.2) is 0 Å². The lowest BCUT2D eigenvalue weighted by atomic mass is 9.88. The first-order valence-corrected chi connectivity index (χ1v) is 5.98. The molecule has 0 bridgehead atoms. The van der Waals surface area contributed by atoms with Gasteiger partial charge in [-0.3, -0.25) is 9.59 Å². The average Bonchev–Trinajstić information content (AvgIpc) is 2.70. The van der Waals surface area contributed by atoms with Crippen LogP contribution >= 0.6 is 0 Å². The molecule has 0 aromatic carbocycles. The molecular weight excluding hydrogens is 218 g/mol. The van der Waals surface area contributed by atoms with Crippen molar-refractivity contribution in [1.82, 2.24) is 10.2 Å². The standard InChI is InChI=1S/C12H23N3O2/c1-11(2,7-13)10(17)15-6-5-12(3,8-15)9(16)14-4/h5-8,13H2,1-4H3,(H,14,16). The zero-order valence-electron chi connectivity index (χ0n) is 11.2. The molecule has 0 aliphatic carbocycles. The number of nitrogens with zero attached hydrogens (tertiary/aromatic N) is 1. The first-order valence-electron chi connectivity index (χ1n) is 5.98. The average molecular weight is 241 g/mol. The Kier molecular flexibility index (Phi) is 3.81. The summed E-state index contributed by atoms with van der Waals surface area (Å²) in [5.41, 5.74) is 4.59. The summed E-state index contributed by atoms with van der Waals surface area (Å²) in [6, 6.07) is 0. The third kappa shape index (κ3) is 2.60. The van der Waals surface area contributed by atoms with Crippen LogP contribution in [-0.4, -0.2) is 43.4 Å². The third-order valence-corrected chi connectivity index (χ3v) is 3.63. The second kappa shape index (κ2) is 4.64. The van der Waals surface area contributed by atoms with Crippen LogP contribution in [0.5, 0.6) is 0 Å². The van der Waals surface area contributed by atoms with E-state index in [0.717, 1.165) is 0 Å². The quantitative estimate of drug-likeness (QED) is 0.728. The van der Waals surface area contributed by atoms with Gasteiger partial charge in [0.15, 0.2) is 0 Å². The zero-order valence-corrected chi connectivity index (χ0v) is 11.2. The van der Waals surface area contributed by atoms with E-state index in [4.69, 9.17) is 5.73 Å². The van der Waals surface area contributed by atoms with Crippen LogP contribution in [0.25, 0.3) is 0 Å². The minimum absolute atomic E-state index is 0.00152. The molecule has 5 nitrogen and oxygen atoms in total. The van der Waals surface area contributed by atoms with Crippen molar-refractivity contribution in [3.63, 3.8) is 0 Å². The minimum Gasteiger partial charge on any atom is -0.359 e. The summed E-state index contributed by atoms with van der Waals surface area (Å²) in [5, 5.41) is 2.66. The summed E-state index contributed by atoms with van der Waals surface area (Å²) in [6.07, 6.45) is 0.707. The van der Waals surface area contributed by atoms with Gasteiger partial charge < -0.3 is 16.0 Å². The molecule has 5 heteroatoms. The van der Waals surface area contributed by atoms with Gasteiger partial charge in [0.05, 0.1) is 10.8 Å². The van der Waals surface area contributed by atoms with Gasteiger partial charge in [0.2, 0.25) is 11.8 Å². The van der Waals surface area contributed by atoms with Crippen LogP contribution < -0.4 is 11.1 Å². The van der Waals surface area contributed by atoms with Crippen molar-refractivity contribution >= 4 is 11.8 Å². The van der Waals surface area contributed by atoms with Gasteiger partial charge in [0, 0.05) is 26.7 Å². The van der Waals surface area contributed by atoms with E-state index < -0.39 is 10.8 Å². The largest absolute Gasteiger partial charge is 0.359 e. The molecule has 0 spiro atoms. The zero-order chi connectivity index (χ0) is 13.3. The van der Waals surface area contributed by atoms with E-state index in [2.05, 4.69) is 5.32 Å². The molecule has 17 heavy (non-hydrogen) atoms. The van der Waals surface area contributed by atoms with E-state index >= 15 is 0 Å². The Balaban J connectivity index is 2.74. The summed E-state index contributed by atoms with van der Waals surface area (Å²) >= 11 is 0. The van der Waals surface area contributed by atoms with Crippen LogP contribution in [0.1, 0.15) is 27.2 Å². The predicted molar refractivity (Wildman–Crippen MR) is 66.2 cm³/mol. The fraction of sp³-hybridized carbons (Fsp3) is 0.833. The van der Waals surface area contributed by atoms with Crippen molar-refractivity contribution in [1.29, 1.82) is 0 Å². The van der Waals surface area contributed by atoms with E-state index in [1.165, 1.54) is 0 Å². The number of hydrogen-bond donors (Lipinski definition) is 2. The van der Waals surface area contributed by atoms with Gasteiger partial charge in [0.1, 0.15) is 0 Å². The first kappa shape index (κ1) is 14.0. The van der Waals surface area contributed by atoms with E-state index in [9.17, 15) is 9.59 Å². The monoisotopic (exact) mass is 241 g/mol. The number of amides is 2. The summed E-state index contributed by atoms with van der Waals surface area (Å²) in [4.78, 5) is 25.7. The van der Waals surface area contributed by atoms with Gasteiger partial charge in [-0.2, -0.15) is 0 Å². The summed E-state index contributed by atoms with van der Waals surface area (Å²) in [7, 11) is 1.63. The van der Waals surface area contributed by atoms with E-state index in [1.807, 2.05) is 20.8 Å². The van der Waals surface area contributed by atoms with Crippen LogP contribution in [0.2, 0.25) is 0 Å². The molecule has 1 aliphatic rings. The fourth-order valence-corrected chi connectivity index (χ4v) is 2.14. The molecule has 0 aromatic rings. The number of carbonyl (C=O) groups is 2. The van der Waals surface area contributed by atoms with Crippen LogP contribution in [0, 0.1) is 10.8 Å². The summed E-state index contributed by atoms with van der Waals surface area (Å²) < 4.78 is 0. The van der Waals surface area contributed by atoms with Crippen molar-refractivity contribution in [2.75, 3.05) is 26.7 Å². The maximum Gasteiger partial charge on any atom is 0.229 e. The van der Waals surface area contributed by atoms with Gasteiger partial charge >= 0.3 is 0 Å². The highest BCUT2D eigenvalue weighted by Gasteiger charge is 2.44. The number of nitrogens with two attached hydrogens (primary N) is 1. The van der Waals surface area contributed by atoms with Crippen LogP contribution in [0.4, 0.5) is 0 Å². The molecule has 1 aliphatic heterocycles. The summed E-state index contributed by atoms with van der Waals surface area (Å²) in [6.45, 7) is 7.00. The molecule has 98 valence electrons. The number of likely N-dealkylation sites (tertiary alicyclic amines) is 1. The highest BCUT2D eigenvalue weighted by atomic mass is 16.2. The smallest absolute Gasteiger partial charge is 0.229 e. The number of carbonyl (C=O) groups excluding carboxylic acids is 2. The van der Waals surface area contributed by atoms with Gasteiger partial charge in [0.25, 0.3) is 0 Å². The highest BCUT2D eigenvalue weighted by Crippen LogP contribution is 2.32. The SMILES string of the molecule is CNC(=O)C1(C)CCN(C(=O)C(C)(C)CN)C1. The fourth-order valence-electron chi connectivity index (χ4n) is 2.14. The van der Waals surface area contributed by atoms with E-state index in [1.54, 1.807) is 11.9 Å². The van der Waals surface area contributed by atoms with Crippen molar-refractivity contribution in [3.05, 3.63) is 0 Å². The molecule has 3 N–H and O–H groups in total. The molecule has 1 saturated heterocycles. The molecule has 1 atom stereocenters. The van der Waals surface area contributed by atoms with Crippen molar-refractivity contribution in [2.24, 2.45) is 16.6 Å². The lowest BCUT2D eigenvalue weighted by molar-refractivity contribution is -0.139. The lowest BCUT2D eigenvalue weighted by Gasteiger charge is -2.29. The van der Waals surface area contributed by atoms with Crippen molar-refractivity contribution < 1.29 is 9.59 Å². The van der Waals surface area contributed by atoms with Crippen LogP contribution in [0.3, 0.4) is 0 Å². The Morgan fingerprint density at radius 2 is 2.06 bits per heavy atom. The van der Waals surface area contributed by atoms with Crippen molar-refractivity contribution in [3.8, 4) is 0 Å². The lowest BCUT2D eigenvalue weighted by Crippen LogP contribution is -2.46. The molecule has 1 heterocycles. The van der Waals surface area contributed by atoms with Gasteiger partial charge in [-0.1, -0.05) is 0 Å². The second-order valence-electron chi connectivity index (χ2n) is 5.70. The molecule has 1 rings (SSSR count). The predicted octanol–water partition coefficient (Wildman–Crippen LogP) is -0.0441. The minimum atomic E-state index is -0.548. The molecular formula is C12H23N3O2. The number of rotatable bonds is 3. The third-order valence-electron chi connectivity index (χ3n) is 3.63. The topological polar surface area (TPSA) is 75.4 Å². The molecule has 0 saturated carbocycles. The van der Waals surface area contributed by atoms with Crippen molar-refractivity contribution in [2.45, 2.75) is 27.2 Å². The van der Waals surface area contributed by atoms with E-state index in [-0.39, 0.29) is 11.8 Å². The molecule has 2 amide bonds. The Bertz CT molecular complexity index is 328.